The maximum absolute atomic E-state index is 14.5. The fourth-order valence-electron chi connectivity index (χ4n) is 13.1. The van der Waals surface area contributed by atoms with E-state index in [1.807, 2.05) is 0 Å². The number of hydrogen-bond acceptors (Lipinski definition) is 12. The van der Waals surface area contributed by atoms with E-state index in [1.165, 1.54) is 11.1 Å². The minimum absolute atomic E-state index is 0.0190. The number of aliphatic hydroxyl groups is 7. The van der Waals surface area contributed by atoms with Crippen molar-refractivity contribution < 1.29 is 59.5 Å². The number of hydrogen-bond donors (Lipinski definition) is 7. The number of carbonyl (C=O) groups excluding carboxylic acids is 1. The van der Waals surface area contributed by atoms with Gasteiger partial charge in [-0.25, -0.2) is 0 Å². The molecule has 0 bridgehead atoms. The van der Waals surface area contributed by atoms with Crippen molar-refractivity contribution in [3.8, 4) is 0 Å². The first-order chi connectivity index (χ1) is 24.7. The number of rotatable bonds is 5. The summed E-state index contributed by atoms with van der Waals surface area (Å²) in [5.41, 5.74) is 1.93. The van der Waals surface area contributed by atoms with E-state index in [-0.39, 0.29) is 33.7 Å². The maximum Gasteiger partial charge on any atom is 0.315 e. The van der Waals surface area contributed by atoms with Crippen LogP contribution < -0.4 is 0 Å². The first-order valence-electron chi connectivity index (χ1n) is 20.3. The second-order valence-corrected chi connectivity index (χ2v) is 20.0. The largest absolute Gasteiger partial charge is 0.432 e. The molecular weight excluding hydrogens is 684 g/mol. The summed E-state index contributed by atoms with van der Waals surface area (Å²) in [6, 6.07) is 0. The number of esters is 1. The van der Waals surface area contributed by atoms with Crippen molar-refractivity contribution in [2.45, 2.75) is 187 Å². The summed E-state index contributed by atoms with van der Waals surface area (Å²) in [5.74, 6) is 0.341. The molecule has 7 N–H and O–H groups in total. The Balaban J connectivity index is 1.14. The lowest BCUT2D eigenvalue weighted by Crippen LogP contribution is -2.63. The van der Waals surface area contributed by atoms with Crippen LogP contribution in [0.5, 0.6) is 0 Å². The Morgan fingerprint density at radius 3 is 2.11 bits per heavy atom. The molecule has 2 aliphatic heterocycles. The first-order valence-corrected chi connectivity index (χ1v) is 20.3. The lowest BCUT2D eigenvalue weighted by atomic mass is 9.38. The summed E-state index contributed by atoms with van der Waals surface area (Å²) < 4.78 is 24.0. The minimum atomic E-state index is -1.64. The van der Waals surface area contributed by atoms with E-state index < -0.39 is 79.4 Å². The van der Waals surface area contributed by atoms with Crippen molar-refractivity contribution in [3.05, 3.63) is 11.1 Å². The molecule has 12 nitrogen and oxygen atoms in total. The molecule has 2 saturated heterocycles. The zero-order valence-corrected chi connectivity index (χ0v) is 32.7. The molecule has 7 aliphatic rings. The van der Waals surface area contributed by atoms with E-state index in [0.29, 0.717) is 24.7 Å². The van der Waals surface area contributed by atoms with Crippen molar-refractivity contribution in [2.24, 2.45) is 44.8 Å². The number of fused-ring (bicyclic) bond motifs is 6. The molecule has 0 spiro atoms. The Hall–Kier alpha value is -1.19. The quantitative estimate of drug-likeness (QED) is 0.124. The molecule has 0 aromatic rings. The lowest BCUT2D eigenvalue weighted by molar-refractivity contribution is -0.323. The van der Waals surface area contributed by atoms with Crippen molar-refractivity contribution >= 4 is 5.97 Å². The molecular formula is C41H66O12. The maximum atomic E-state index is 14.5. The smallest absolute Gasteiger partial charge is 0.315 e. The Kier molecular flexibility index (Phi) is 10.4. The van der Waals surface area contributed by atoms with Gasteiger partial charge in [0.15, 0.2) is 6.29 Å². The molecule has 3 saturated carbocycles. The van der Waals surface area contributed by atoms with Gasteiger partial charge in [0, 0.05) is 0 Å². The highest BCUT2D eigenvalue weighted by Gasteiger charge is 2.65. The SMILES string of the molecule is C[C@H]1O[C@@H](O[C@H]2CC[C@]3(C)[C@H]4CCC5=C(CC[C@@]6(C(=O)O[C@@H]7O[C@H](CO)[C@@H](O)[C@H](O)[C@H]7O)CCC(C)(C)C[C@@H]56)[C@]4(C)CC[C@H]3C2(C)C)[C@H](O)[C@@H](O)[C@@H]1O. The van der Waals surface area contributed by atoms with Gasteiger partial charge in [-0.2, -0.15) is 0 Å². The van der Waals surface area contributed by atoms with Gasteiger partial charge >= 0.3 is 5.97 Å². The molecule has 17 atom stereocenters. The van der Waals surface area contributed by atoms with E-state index in [2.05, 4.69) is 41.5 Å². The van der Waals surface area contributed by atoms with E-state index in [4.69, 9.17) is 18.9 Å². The van der Waals surface area contributed by atoms with Crippen molar-refractivity contribution in [1.82, 2.24) is 0 Å². The van der Waals surface area contributed by atoms with Crippen LogP contribution >= 0.6 is 0 Å². The van der Waals surface area contributed by atoms with Crippen LogP contribution in [0.15, 0.2) is 11.1 Å². The molecule has 7 rings (SSSR count). The molecule has 0 unspecified atom stereocenters. The van der Waals surface area contributed by atoms with Gasteiger partial charge < -0.3 is 54.7 Å². The van der Waals surface area contributed by atoms with E-state index in [1.54, 1.807) is 6.92 Å². The van der Waals surface area contributed by atoms with Crippen LogP contribution in [0.1, 0.15) is 119 Å². The predicted molar refractivity (Wildman–Crippen MR) is 192 cm³/mol. The average molecular weight is 751 g/mol. The lowest BCUT2D eigenvalue weighted by Gasteiger charge is -2.67. The van der Waals surface area contributed by atoms with Crippen LogP contribution in [0, 0.1) is 44.8 Å². The molecule has 0 aromatic heterocycles. The van der Waals surface area contributed by atoms with Crippen molar-refractivity contribution in [2.75, 3.05) is 6.61 Å². The Morgan fingerprint density at radius 1 is 0.736 bits per heavy atom. The summed E-state index contributed by atoms with van der Waals surface area (Å²) >= 11 is 0. The van der Waals surface area contributed by atoms with Crippen molar-refractivity contribution in [3.63, 3.8) is 0 Å². The molecule has 2 heterocycles. The second kappa shape index (κ2) is 13.7. The van der Waals surface area contributed by atoms with Gasteiger partial charge in [0.1, 0.15) is 42.7 Å². The van der Waals surface area contributed by atoms with E-state index in [0.717, 1.165) is 57.8 Å². The van der Waals surface area contributed by atoms with Crippen LogP contribution in [0.4, 0.5) is 0 Å². The third-order valence-corrected chi connectivity index (χ3v) is 16.3. The number of aliphatic hydroxyl groups excluding tert-OH is 7. The van der Waals surface area contributed by atoms with Crippen LogP contribution in [-0.4, -0.2) is 116 Å². The highest BCUT2D eigenvalue weighted by molar-refractivity contribution is 5.79. The molecule has 5 aliphatic carbocycles. The highest BCUT2D eigenvalue weighted by Crippen LogP contribution is 2.72. The van der Waals surface area contributed by atoms with Crippen LogP contribution in [-0.2, 0) is 23.7 Å². The Labute approximate surface area is 314 Å². The molecule has 53 heavy (non-hydrogen) atoms. The molecule has 0 amide bonds. The first kappa shape index (κ1) is 40.0. The third kappa shape index (κ3) is 6.19. The van der Waals surface area contributed by atoms with Gasteiger partial charge in [0.2, 0.25) is 6.29 Å². The highest BCUT2D eigenvalue weighted by atomic mass is 16.7. The summed E-state index contributed by atoms with van der Waals surface area (Å²) in [7, 11) is 0. The van der Waals surface area contributed by atoms with Gasteiger partial charge in [0.05, 0.1) is 24.2 Å². The van der Waals surface area contributed by atoms with Crippen LogP contribution in [0.2, 0.25) is 0 Å². The summed E-state index contributed by atoms with van der Waals surface area (Å²) in [6.45, 7) is 15.1. The topological polar surface area (TPSA) is 196 Å². The Bertz CT molecular complexity index is 1430. The molecule has 0 radical (unpaired) electrons. The van der Waals surface area contributed by atoms with E-state index >= 15 is 0 Å². The van der Waals surface area contributed by atoms with E-state index in [9.17, 15) is 40.5 Å². The number of allylic oxidation sites excluding steroid dienone is 2. The normalized spacial score (nSPS) is 52.0. The van der Waals surface area contributed by atoms with Gasteiger partial charge in [-0.05, 0) is 117 Å². The van der Waals surface area contributed by atoms with Gasteiger partial charge in [-0.15, -0.1) is 0 Å². The molecule has 302 valence electrons. The zero-order valence-electron chi connectivity index (χ0n) is 32.7. The average Bonchev–Trinajstić information content (AvgIpc) is 3.10. The fraction of sp³-hybridized carbons (Fsp3) is 0.927. The van der Waals surface area contributed by atoms with Gasteiger partial charge in [0.25, 0.3) is 0 Å². The minimum Gasteiger partial charge on any atom is -0.432 e. The monoisotopic (exact) mass is 750 g/mol. The predicted octanol–water partition coefficient (Wildman–Crippen LogP) is 3.10. The zero-order chi connectivity index (χ0) is 38.6. The Morgan fingerprint density at radius 2 is 1.42 bits per heavy atom. The molecule has 5 fully saturated rings. The van der Waals surface area contributed by atoms with Gasteiger partial charge in [-0.1, -0.05) is 52.7 Å². The molecule has 12 heteroatoms. The van der Waals surface area contributed by atoms with Gasteiger partial charge in [-0.3, -0.25) is 4.79 Å². The fourth-order valence-corrected chi connectivity index (χ4v) is 13.1. The van der Waals surface area contributed by atoms with Crippen LogP contribution in [0.25, 0.3) is 0 Å². The second-order valence-electron chi connectivity index (χ2n) is 20.0. The summed E-state index contributed by atoms with van der Waals surface area (Å²) in [6.07, 6.45) is -3.61. The molecule has 0 aromatic carbocycles. The van der Waals surface area contributed by atoms with Crippen molar-refractivity contribution in [1.29, 1.82) is 0 Å². The third-order valence-electron chi connectivity index (χ3n) is 16.3. The summed E-state index contributed by atoms with van der Waals surface area (Å²) in [5, 5.41) is 72.7. The number of ether oxygens (including phenoxy) is 4. The van der Waals surface area contributed by atoms with Crippen LogP contribution in [0.3, 0.4) is 0 Å². The standard InChI is InChI=1S/C41H66O12/c1-20-28(43)30(45)32(47)34(50-20)52-27-12-14-40(7)25(38(27,4)5)11-13-39(6)22-10-15-41(17-16-37(2,3)18-23(41)21(22)8-9-26(39)40)36(49)53-35-33(48)31(46)29(44)24(19-42)51-35/h20,23-35,42-48H,8-19H2,1-7H3/t20-,23+,24-,25+,26+,27+,28-,29-,30+,31+,32-,33-,34+,35+,39+,40+,41-/m1/s1. The summed E-state index contributed by atoms with van der Waals surface area (Å²) in [4.78, 5) is 14.5. The number of carbonyl (C=O) groups is 1.